The normalized spacial score (nSPS) is 14.9. The zero-order chi connectivity index (χ0) is 11.6. The van der Waals surface area contributed by atoms with Crippen molar-refractivity contribution in [2.45, 2.75) is 19.0 Å². The number of rotatable bonds is 4. The van der Waals surface area contributed by atoms with E-state index < -0.39 is 11.5 Å². The topological polar surface area (TPSA) is 67.2 Å². The lowest BCUT2D eigenvalue weighted by Gasteiger charge is -2.24. The molecule has 0 aliphatic carbocycles. The third-order valence-electron chi connectivity index (χ3n) is 2.24. The molecule has 1 heterocycles. The lowest BCUT2D eigenvalue weighted by molar-refractivity contribution is -0.144. The van der Waals surface area contributed by atoms with Crippen LogP contribution in [0.5, 0.6) is 0 Å². The molecule has 0 radical (unpaired) electrons. The Balaban J connectivity index is 2.94. The average molecular weight is 435 g/mol. The predicted molar refractivity (Wildman–Crippen MR) is 72.8 cm³/mol. The first-order valence-corrected chi connectivity index (χ1v) is 6.35. The molecule has 0 bridgehead atoms. The second-order valence-electron chi connectivity index (χ2n) is 3.34. The number of imidazole rings is 1. The second kappa shape index (κ2) is 4.95. The molecule has 0 aliphatic heterocycles. The Morgan fingerprint density at radius 2 is 2.33 bits per heavy atom. The van der Waals surface area contributed by atoms with Gasteiger partial charge in [-0.05, 0) is 59.2 Å². The predicted octanol–water partition coefficient (Wildman–Crippen LogP) is 1.15. The molecule has 0 spiro atoms. The van der Waals surface area contributed by atoms with E-state index in [1.165, 1.54) is 0 Å². The van der Waals surface area contributed by atoms with Gasteiger partial charge in [0.1, 0.15) is 12.9 Å². The minimum absolute atomic E-state index is 0.354. The number of carboxylic acids is 1. The summed E-state index contributed by atoms with van der Waals surface area (Å²) in [7, 11) is 1.64. The fraction of sp³-hybridized carbons (Fsp3) is 0.500. The standard InChI is InChI=1S/C8H11I2N3O2/c1-8(11-2,7(14)15)3-13-4-12-5(9)6(13)10/h4,11H,3H2,1-2H3,(H,14,15). The highest BCUT2D eigenvalue weighted by Gasteiger charge is 2.32. The van der Waals surface area contributed by atoms with Crippen LogP contribution in [-0.4, -0.2) is 33.2 Å². The molecule has 0 aliphatic rings. The lowest BCUT2D eigenvalue weighted by atomic mass is 10.0. The van der Waals surface area contributed by atoms with Gasteiger partial charge < -0.3 is 15.0 Å². The monoisotopic (exact) mass is 435 g/mol. The maximum Gasteiger partial charge on any atom is 0.325 e. The van der Waals surface area contributed by atoms with Crippen LogP contribution < -0.4 is 5.32 Å². The van der Waals surface area contributed by atoms with Crippen LogP contribution >= 0.6 is 45.2 Å². The molecule has 7 heteroatoms. The average Bonchev–Trinajstić information content (AvgIpc) is 2.49. The van der Waals surface area contributed by atoms with Crippen LogP contribution in [-0.2, 0) is 11.3 Å². The summed E-state index contributed by atoms with van der Waals surface area (Å²) < 4.78 is 3.67. The first kappa shape index (κ1) is 13.2. The van der Waals surface area contributed by atoms with E-state index in [0.29, 0.717) is 6.54 Å². The van der Waals surface area contributed by atoms with Crippen molar-refractivity contribution >= 4 is 51.2 Å². The Morgan fingerprint density at radius 1 is 1.73 bits per heavy atom. The van der Waals surface area contributed by atoms with Gasteiger partial charge in [-0.25, -0.2) is 4.98 Å². The van der Waals surface area contributed by atoms with Gasteiger partial charge in [-0.15, -0.1) is 0 Å². The molecule has 84 valence electrons. The lowest BCUT2D eigenvalue weighted by Crippen LogP contribution is -2.50. The number of nitrogens with one attached hydrogen (secondary N) is 1. The molecule has 0 amide bonds. The molecule has 2 N–H and O–H groups in total. The van der Waals surface area contributed by atoms with Gasteiger partial charge in [0.25, 0.3) is 0 Å². The molecule has 1 rings (SSSR count). The Morgan fingerprint density at radius 3 is 2.67 bits per heavy atom. The van der Waals surface area contributed by atoms with Gasteiger partial charge in [0.2, 0.25) is 0 Å². The summed E-state index contributed by atoms with van der Waals surface area (Å²) in [6, 6.07) is 0. The molecule has 0 saturated carbocycles. The minimum Gasteiger partial charge on any atom is -0.480 e. The van der Waals surface area contributed by atoms with E-state index in [1.54, 1.807) is 20.3 Å². The van der Waals surface area contributed by atoms with E-state index in [2.05, 4.69) is 55.5 Å². The molecular weight excluding hydrogens is 424 g/mol. The maximum atomic E-state index is 11.1. The maximum absolute atomic E-state index is 11.1. The minimum atomic E-state index is -0.969. The van der Waals surface area contributed by atoms with Crippen molar-refractivity contribution in [3.05, 3.63) is 13.7 Å². The van der Waals surface area contributed by atoms with Crippen molar-refractivity contribution in [1.29, 1.82) is 0 Å². The van der Waals surface area contributed by atoms with Crippen LogP contribution in [0, 0.1) is 7.40 Å². The summed E-state index contributed by atoms with van der Waals surface area (Å²) in [5.74, 6) is -0.871. The summed E-state index contributed by atoms with van der Waals surface area (Å²) in [6.45, 7) is 2.01. The summed E-state index contributed by atoms with van der Waals surface area (Å²) in [6.07, 6.45) is 1.65. The molecule has 1 aromatic rings. The van der Waals surface area contributed by atoms with E-state index in [4.69, 9.17) is 5.11 Å². The van der Waals surface area contributed by atoms with Crippen molar-refractivity contribution in [2.75, 3.05) is 7.05 Å². The molecule has 0 saturated heterocycles. The Labute approximate surface area is 115 Å². The first-order valence-electron chi connectivity index (χ1n) is 4.19. The third kappa shape index (κ3) is 2.81. The van der Waals surface area contributed by atoms with Crippen LogP contribution in [0.25, 0.3) is 0 Å². The van der Waals surface area contributed by atoms with Gasteiger partial charge in [0.15, 0.2) is 0 Å². The summed E-state index contributed by atoms with van der Waals surface area (Å²) in [4.78, 5) is 15.2. The summed E-state index contributed by atoms with van der Waals surface area (Å²) in [5, 5.41) is 11.9. The molecule has 0 aromatic carbocycles. The van der Waals surface area contributed by atoms with Crippen molar-refractivity contribution in [2.24, 2.45) is 0 Å². The van der Waals surface area contributed by atoms with E-state index in [-0.39, 0.29) is 0 Å². The van der Waals surface area contributed by atoms with Gasteiger partial charge in [-0.2, -0.15) is 0 Å². The highest BCUT2D eigenvalue weighted by atomic mass is 127. The number of aromatic nitrogens is 2. The second-order valence-corrected chi connectivity index (χ2v) is 5.38. The number of hydrogen-bond acceptors (Lipinski definition) is 3. The Bertz CT molecular complexity index is 380. The Hall–Kier alpha value is 0.1000. The van der Waals surface area contributed by atoms with Crippen LogP contribution in [0.2, 0.25) is 0 Å². The number of carbonyl (C=O) groups is 1. The number of carboxylic acid groups (broad SMARTS) is 1. The van der Waals surface area contributed by atoms with Crippen LogP contribution in [0.3, 0.4) is 0 Å². The Kier molecular flexibility index (Phi) is 4.35. The molecule has 1 atom stereocenters. The summed E-state index contributed by atoms with van der Waals surface area (Å²) >= 11 is 4.27. The van der Waals surface area contributed by atoms with Crippen molar-refractivity contribution in [3.8, 4) is 0 Å². The highest BCUT2D eigenvalue weighted by Crippen LogP contribution is 2.16. The molecular formula is C8H11I2N3O2. The fourth-order valence-electron chi connectivity index (χ4n) is 1.05. The number of likely N-dealkylation sites (N-methyl/N-ethyl adjacent to an activating group) is 1. The zero-order valence-electron chi connectivity index (χ0n) is 8.29. The molecule has 15 heavy (non-hydrogen) atoms. The first-order chi connectivity index (χ1) is 6.90. The molecule has 1 unspecified atom stereocenters. The zero-order valence-corrected chi connectivity index (χ0v) is 12.6. The number of nitrogens with zero attached hydrogens (tertiary/aromatic N) is 2. The fourth-order valence-corrected chi connectivity index (χ4v) is 1.92. The molecule has 5 nitrogen and oxygen atoms in total. The van der Waals surface area contributed by atoms with E-state index in [0.717, 1.165) is 7.40 Å². The van der Waals surface area contributed by atoms with Gasteiger partial charge >= 0.3 is 5.97 Å². The molecule has 1 aromatic heterocycles. The number of halogens is 2. The van der Waals surface area contributed by atoms with Crippen LogP contribution in [0.15, 0.2) is 6.33 Å². The largest absolute Gasteiger partial charge is 0.480 e. The van der Waals surface area contributed by atoms with Crippen LogP contribution in [0.4, 0.5) is 0 Å². The summed E-state index contributed by atoms with van der Waals surface area (Å²) in [5.41, 5.74) is -0.969. The third-order valence-corrected chi connectivity index (χ3v) is 5.20. The van der Waals surface area contributed by atoms with Gasteiger partial charge in [-0.3, -0.25) is 4.79 Å². The highest BCUT2D eigenvalue weighted by molar-refractivity contribution is 14.1. The number of hydrogen-bond donors (Lipinski definition) is 2. The van der Waals surface area contributed by atoms with E-state index >= 15 is 0 Å². The van der Waals surface area contributed by atoms with Crippen LogP contribution in [0.1, 0.15) is 6.92 Å². The van der Waals surface area contributed by atoms with E-state index in [9.17, 15) is 4.79 Å². The van der Waals surface area contributed by atoms with Crippen molar-refractivity contribution < 1.29 is 9.90 Å². The van der Waals surface area contributed by atoms with Gasteiger partial charge in [0.05, 0.1) is 12.9 Å². The van der Waals surface area contributed by atoms with Gasteiger partial charge in [-0.1, -0.05) is 0 Å². The van der Waals surface area contributed by atoms with Gasteiger partial charge in [0, 0.05) is 0 Å². The quantitative estimate of drug-likeness (QED) is 0.698. The van der Waals surface area contributed by atoms with Crippen molar-refractivity contribution in [1.82, 2.24) is 14.9 Å². The number of aliphatic carboxylic acids is 1. The smallest absolute Gasteiger partial charge is 0.325 e. The SMILES string of the molecule is CNC(C)(Cn1cnc(I)c1I)C(=O)O. The van der Waals surface area contributed by atoms with E-state index in [1.807, 2.05) is 4.57 Å². The van der Waals surface area contributed by atoms with Crippen molar-refractivity contribution in [3.63, 3.8) is 0 Å². The molecule has 0 fully saturated rings.